The highest BCUT2D eigenvalue weighted by molar-refractivity contribution is 8.24. The van der Waals surface area contributed by atoms with Crippen molar-refractivity contribution in [2.75, 3.05) is 17.5 Å². The highest BCUT2D eigenvalue weighted by Gasteiger charge is 2.36. The summed E-state index contributed by atoms with van der Waals surface area (Å²) in [5.41, 5.74) is 1.68. The van der Waals surface area contributed by atoms with Gasteiger partial charge in [0.05, 0.1) is 19.1 Å². The van der Waals surface area contributed by atoms with Crippen LogP contribution in [0.15, 0.2) is 48.5 Å². The number of hydrogen-bond donors (Lipinski definition) is 5. The average molecular weight is 408 g/mol. The first kappa shape index (κ1) is 20.4. The highest BCUT2D eigenvalue weighted by Crippen LogP contribution is 2.49. The smallest absolute Gasteiger partial charge is 0.313 e. The first-order valence-corrected chi connectivity index (χ1v) is 10.4. The lowest BCUT2D eigenvalue weighted by Crippen LogP contribution is -2.25. The summed E-state index contributed by atoms with van der Waals surface area (Å²) in [6, 6.07) is 14.0. The van der Waals surface area contributed by atoms with Crippen LogP contribution in [0, 0.1) is 0 Å². The first-order valence-electron chi connectivity index (χ1n) is 8.86. The number of aliphatic hydroxyl groups excluding tert-OH is 1. The molecule has 0 radical (unpaired) electrons. The standard InChI is InChI=1S/C19H24N2O6S/c1-2-27-19(24)15(14-6-4-3-5-7-14)10-13-8-9-16(17(22)11-13)21-12-18(23)20-28(21,25)26/h3-9,11,15,18,20,22-23,25-26H,2,10,12H2,1H3. The minimum atomic E-state index is -3.41. The molecule has 0 saturated carbocycles. The van der Waals surface area contributed by atoms with Crippen molar-refractivity contribution in [1.82, 2.24) is 4.72 Å². The van der Waals surface area contributed by atoms with Crippen LogP contribution in [0.2, 0.25) is 0 Å². The zero-order chi connectivity index (χ0) is 20.3. The fraction of sp³-hybridized carbons (Fsp3) is 0.316. The summed E-state index contributed by atoms with van der Waals surface area (Å²) in [5, 5.41) is 20.0. The van der Waals surface area contributed by atoms with Gasteiger partial charge in [0.2, 0.25) is 0 Å². The van der Waals surface area contributed by atoms with Gasteiger partial charge in [-0.25, -0.2) is 0 Å². The number of carbonyl (C=O) groups excluding carboxylic acids is 1. The van der Waals surface area contributed by atoms with Crippen LogP contribution in [0.25, 0.3) is 0 Å². The van der Waals surface area contributed by atoms with Crippen LogP contribution >= 0.6 is 11.0 Å². The van der Waals surface area contributed by atoms with Crippen molar-refractivity contribution < 1.29 is 28.8 Å². The fourth-order valence-corrected chi connectivity index (χ4v) is 4.53. The van der Waals surface area contributed by atoms with Crippen LogP contribution in [-0.2, 0) is 16.0 Å². The van der Waals surface area contributed by atoms with E-state index >= 15 is 0 Å². The van der Waals surface area contributed by atoms with E-state index in [1.54, 1.807) is 13.0 Å². The maximum atomic E-state index is 12.4. The molecular weight excluding hydrogens is 384 g/mol. The van der Waals surface area contributed by atoms with Crippen LogP contribution in [0.3, 0.4) is 0 Å². The Kier molecular flexibility index (Phi) is 6.11. The van der Waals surface area contributed by atoms with E-state index in [4.69, 9.17) is 4.74 Å². The number of nitrogens with zero attached hydrogens (tertiary/aromatic N) is 1. The molecule has 0 bridgehead atoms. The van der Waals surface area contributed by atoms with E-state index < -0.39 is 23.1 Å². The predicted octanol–water partition coefficient (Wildman–Crippen LogP) is 2.59. The summed E-state index contributed by atoms with van der Waals surface area (Å²) < 4.78 is 28.6. The number of aromatic hydroxyl groups is 1. The van der Waals surface area contributed by atoms with Gasteiger partial charge in [0.25, 0.3) is 0 Å². The molecule has 1 aliphatic rings. The molecular formula is C19H24N2O6S. The number of ether oxygens (including phenoxy) is 1. The molecule has 2 aromatic rings. The van der Waals surface area contributed by atoms with Gasteiger partial charge in [0.1, 0.15) is 17.7 Å². The highest BCUT2D eigenvalue weighted by atomic mass is 32.3. The Balaban J connectivity index is 1.85. The van der Waals surface area contributed by atoms with Gasteiger partial charge in [-0.3, -0.25) is 18.2 Å². The summed E-state index contributed by atoms with van der Waals surface area (Å²) in [4.78, 5) is 12.4. The molecule has 8 nitrogen and oxygen atoms in total. The van der Waals surface area contributed by atoms with Crippen LogP contribution < -0.4 is 9.03 Å². The van der Waals surface area contributed by atoms with Gasteiger partial charge in [-0.15, -0.1) is 0 Å². The summed E-state index contributed by atoms with van der Waals surface area (Å²) in [5.74, 6) is -1.05. The number of anilines is 1. The summed E-state index contributed by atoms with van der Waals surface area (Å²) in [6.45, 7) is 1.94. The van der Waals surface area contributed by atoms with Crippen LogP contribution in [-0.4, -0.2) is 44.7 Å². The van der Waals surface area contributed by atoms with Gasteiger partial charge in [-0.1, -0.05) is 47.4 Å². The van der Waals surface area contributed by atoms with E-state index in [2.05, 4.69) is 4.72 Å². The van der Waals surface area contributed by atoms with E-state index in [0.717, 1.165) is 9.87 Å². The molecule has 1 aliphatic heterocycles. The lowest BCUT2D eigenvalue weighted by atomic mass is 9.92. The molecule has 1 fully saturated rings. The Hall–Kier alpha value is -2.30. The number of carbonyl (C=O) groups is 1. The Morgan fingerprint density at radius 3 is 2.57 bits per heavy atom. The summed E-state index contributed by atoms with van der Waals surface area (Å²) in [6.07, 6.45) is -0.802. The number of esters is 1. The van der Waals surface area contributed by atoms with Crippen molar-refractivity contribution in [1.29, 1.82) is 0 Å². The normalized spacial score (nSPS) is 20.6. The number of phenols is 1. The number of β-amino-alcohol motifs (C(OH)–C–C–N with tert-alkyl or cyclic N) is 1. The van der Waals surface area contributed by atoms with Crippen molar-refractivity contribution in [2.24, 2.45) is 0 Å². The molecule has 1 saturated heterocycles. The van der Waals surface area contributed by atoms with Crippen LogP contribution in [0.1, 0.15) is 24.0 Å². The molecule has 1 heterocycles. The van der Waals surface area contributed by atoms with Crippen molar-refractivity contribution in [2.45, 2.75) is 25.5 Å². The SMILES string of the molecule is CCOC(=O)C(Cc1ccc(N2CC(O)NS2(O)O)c(O)c1)c1ccccc1. The third-order valence-corrected chi connectivity index (χ3v) is 6.01. The fourth-order valence-electron chi connectivity index (χ4n) is 3.19. The first-order chi connectivity index (χ1) is 13.3. The molecule has 152 valence electrons. The molecule has 3 rings (SSSR count). The molecule has 0 spiro atoms. The van der Waals surface area contributed by atoms with Crippen LogP contribution in [0.5, 0.6) is 5.75 Å². The molecule has 0 aliphatic carbocycles. The van der Waals surface area contributed by atoms with E-state index in [1.807, 2.05) is 30.3 Å². The Bertz CT molecular complexity index is 832. The molecule has 9 heteroatoms. The third-order valence-electron chi connectivity index (χ3n) is 4.46. The van der Waals surface area contributed by atoms with E-state index in [-0.39, 0.29) is 30.6 Å². The van der Waals surface area contributed by atoms with Crippen molar-refractivity contribution >= 4 is 22.6 Å². The number of rotatable bonds is 6. The minimum Gasteiger partial charge on any atom is -0.506 e. The van der Waals surface area contributed by atoms with Gasteiger partial charge in [-0.05, 0) is 36.6 Å². The lowest BCUT2D eigenvalue weighted by Gasteiger charge is -2.36. The van der Waals surface area contributed by atoms with Gasteiger partial charge in [0, 0.05) is 0 Å². The monoisotopic (exact) mass is 408 g/mol. The minimum absolute atomic E-state index is 0.0787. The summed E-state index contributed by atoms with van der Waals surface area (Å²) in [7, 11) is -3.41. The predicted molar refractivity (Wildman–Crippen MR) is 107 cm³/mol. The zero-order valence-corrected chi connectivity index (χ0v) is 16.2. The Morgan fingerprint density at radius 2 is 2.00 bits per heavy atom. The average Bonchev–Trinajstić information content (AvgIpc) is 2.92. The van der Waals surface area contributed by atoms with E-state index in [1.165, 1.54) is 12.1 Å². The number of aliphatic hydroxyl groups is 1. The maximum Gasteiger partial charge on any atom is 0.313 e. The number of hydrogen-bond acceptors (Lipinski definition) is 8. The quantitative estimate of drug-likeness (QED) is 0.462. The molecule has 2 aromatic carbocycles. The number of benzene rings is 2. The summed E-state index contributed by atoms with van der Waals surface area (Å²) >= 11 is 0. The number of nitrogens with one attached hydrogen (secondary N) is 1. The molecule has 0 amide bonds. The Morgan fingerprint density at radius 1 is 1.29 bits per heavy atom. The van der Waals surface area contributed by atoms with Crippen molar-refractivity contribution in [3.05, 3.63) is 59.7 Å². The molecule has 2 atom stereocenters. The second kappa shape index (κ2) is 8.38. The zero-order valence-electron chi connectivity index (χ0n) is 15.4. The van der Waals surface area contributed by atoms with Crippen LogP contribution in [0.4, 0.5) is 5.69 Å². The maximum absolute atomic E-state index is 12.4. The molecule has 0 aromatic heterocycles. The Labute approximate surface area is 165 Å². The van der Waals surface area contributed by atoms with Gasteiger partial charge in [0.15, 0.2) is 0 Å². The molecule has 28 heavy (non-hydrogen) atoms. The molecule has 2 unspecified atom stereocenters. The third kappa shape index (κ3) is 4.40. The van der Waals surface area contributed by atoms with Crippen molar-refractivity contribution in [3.63, 3.8) is 0 Å². The largest absolute Gasteiger partial charge is 0.506 e. The topological polar surface area (TPSA) is 122 Å². The van der Waals surface area contributed by atoms with Gasteiger partial charge < -0.3 is 14.9 Å². The second-order valence-corrected chi connectivity index (χ2v) is 8.17. The van der Waals surface area contributed by atoms with E-state index in [9.17, 15) is 24.1 Å². The number of phenolic OH excluding ortho intramolecular Hbond substituents is 1. The second-order valence-electron chi connectivity index (χ2n) is 6.46. The van der Waals surface area contributed by atoms with Crippen molar-refractivity contribution in [3.8, 4) is 5.75 Å². The lowest BCUT2D eigenvalue weighted by molar-refractivity contribution is -0.144. The van der Waals surface area contributed by atoms with Gasteiger partial charge in [-0.2, -0.15) is 4.72 Å². The van der Waals surface area contributed by atoms with Gasteiger partial charge >= 0.3 is 5.97 Å². The van der Waals surface area contributed by atoms with E-state index in [0.29, 0.717) is 12.0 Å². The molecule has 5 N–H and O–H groups in total.